The van der Waals surface area contributed by atoms with Gasteiger partial charge in [0.2, 0.25) is 17.7 Å². The van der Waals surface area contributed by atoms with Gasteiger partial charge in [0.05, 0.1) is 39.4 Å². The molecule has 1 aromatic heterocycles. The average Bonchev–Trinajstić information content (AvgIpc) is 3.89. The van der Waals surface area contributed by atoms with E-state index in [-0.39, 0.29) is 50.1 Å². The quantitative estimate of drug-likeness (QED) is 0.0740. The topological polar surface area (TPSA) is 192 Å². The minimum absolute atomic E-state index is 0.0190. The summed E-state index contributed by atoms with van der Waals surface area (Å²) in [6.45, 7) is 16.3. The van der Waals surface area contributed by atoms with Crippen LogP contribution in [0.4, 0.5) is 0 Å². The van der Waals surface area contributed by atoms with Gasteiger partial charge < -0.3 is 40.2 Å². The molecule has 16 heteroatoms. The molecule has 4 N–H and O–H groups in total. The van der Waals surface area contributed by atoms with Crippen LogP contribution in [-0.4, -0.2) is 95.3 Å². The molecule has 0 bridgehead atoms. The number of halogens is 1. The number of carbonyl (C=O) groups excluding carboxylic acids is 4. The number of likely N-dealkylation sites (tertiary alicyclic amines) is 1. The van der Waals surface area contributed by atoms with Crippen LogP contribution in [0.1, 0.15) is 94.9 Å². The summed E-state index contributed by atoms with van der Waals surface area (Å²) in [5.74, 6) is -0.306. The Morgan fingerprint density at radius 3 is 2.27 bits per heavy atom. The van der Waals surface area contributed by atoms with Crippen molar-refractivity contribution in [2.75, 3.05) is 26.4 Å². The lowest BCUT2D eigenvalue weighted by Gasteiger charge is -2.63. The van der Waals surface area contributed by atoms with E-state index >= 15 is 0 Å². The zero-order chi connectivity index (χ0) is 48.0. The van der Waals surface area contributed by atoms with Crippen LogP contribution in [0, 0.1) is 34.5 Å². The van der Waals surface area contributed by atoms with E-state index < -0.39 is 46.2 Å². The van der Waals surface area contributed by atoms with Gasteiger partial charge in [-0.2, -0.15) is 5.26 Å². The fourth-order valence-corrected chi connectivity index (χ4v) is 10.2. The van der Waals surface area contributed by atoms with Crippen LogP contribution < -0.4 is 25.4 Å². The first-order chi connectivity index (χ1) is 31.2. The van der Waals surface area contributed by atoms with E-state index in [9.17, 15) is 29.5 Å². The largest absolute Gasteiger partial charge is 0.494 e. The maximum Gasteiger partial charge on any atom is 0.251 e. The van der Waals surface area contributed by atoms with Crippen molar-refractivity contribution in [3.8, 4) is 28.0 Å². The van der Waals surface area contributed by atoms with Crippen molar-refractivity contribution in [3.05, 3.63) is 99.6 Å². The smallest absolute Gasteiger partial charge is 0.251 e. The number of unbranched alkanes of at least 4 members (excludes halogenated alkanes) is 1. The summed E-state index contributed by atoms with van der Waals surface area (Å²) in [4.78, 5) is 60.6. The van der Waals surface area contributed by atoms with Crippen LogP contribution in [0.2, 0.25) is 5.02 Å². The highest BCUT2D eigenvalue weighted by atomic mass is 35.5. The third kappa shape index (κ3) is 11.7. The molecular weight excluding hydrogens is 880 g/mol. The molecule has 66 heavy (non-hydrogen) atoms. The highest BCUT2D eigenvalue weighted by molar-refractivity contribution is 7.13. The van der Waals surface area contributed by atoms with E-state index in [1.54, 1.807) is 53.8 Å². The molecule has 3 aromatic carbocycles. The molecule has 4 aromatic rings. The maximum atomic E-state index is 14.0. The number of ether oxygens (including phenoxy) is 3. The van der Waals surface area contributed by atoms with Gasteiger partial charge in [0.1, 0.15) is 42.4 Å². The number of aromatic nitrogens is 1. The Morgan fingerprint density at radius 1 is 0.985 bits per heavy atom. The first kappa shape index (κ1) is 49.9. The molecule has 2 heterocycles. The molecular formula is C50H61ClN6O8S. The molecule has 14 nitrogen and oxygen atoms in total. The number of nitriles is 1. The molecule has 0 spiro atoms. The number of nitrogens with one attached hydrogen (secondary N) is 3. The fourth-order valence-electron chi connectivity index (χ4n) is 9.16. The SMILES string of the molecule is Cc1ncsc1-c1ccc(CNC(=O)[C@@H]2C[C@H](O)CN2C(=O)[C@@H](NC(=O)COCCCCOc2ccc(C(=O)N[C@H]3C(C)(C)[C@H](Oc4ccc(C#N)c(Cl)c4)C3(C)C)cc2)C(C)(C)C)cc1. The minimum atomic E-state index is -0.965. The summed E-state index contributed by atoms with van der Waals surface area (Å²) in [5.41, 5.74) is 4.09. The van der Waals surface area contributed by atoms with Gasteiger partial charge in [-0.15, -0.1) is 11.3 Å². The number of amides is 4. The highest BCUT2D eigenvalue weighted by Crippen LogP contribution is 2.55. The van der Waals surface area contributed by atoms with Gasteiger partial charge in [-0.05, 0) is 72.7 Å². The van der Waals surface area contributed by atoms with E-state index in [2.05, 4.69) is 54.7 Å². The van der Waals surface area contributed by atoms with Crippen molar-refractivity contribution in [1.82, 2.24) is 25.8 Å². The Kier molecular flexibility index (Phi) is 15.9. The van der Waals surface area contributed by atoms with Gasteiger partial charge in [0.25, 0.3) is 5.91 Å². The summed E-state index contributed by atoms with van der Waals surface area (Å²) in [7, 11) is 0. The Bertz CT molecular complexity index is 2390. The maximum absolute atomic E-state index is 14.0. The number of thiazole rings is 1. The number of carbonyl (C=O) groups is 4. The Balaban J connectivity index is 0.896. The number of aliphatic hydroxyl groups excluding tert-OH is 1. The molecule has 352 valence electrons. The number of aliphatic hydroxyl groups is 1. The molecule has 3 atom stereocenters. The molecule has 1 aliphatic carbocycles. The standard InChI is InChI=1S/C50H61ClN6O8S/c1-30-41(66-29-54-30)32-13-11-31(12-14-32)26-53-44(61)39-23-35(58)27-57(39)45(62)42(48(2,3)4)55-40(59)28-63-21-9-10-22-64-36-18-15-33(16-19-36)43(60)56-46-49(5,6)47(50(46,7)8)65-37-20-17-34(25-52)38(51)24-37/h11-20,24,29,35,39,42,46-47,58H,9-10,21-23,26-28H2,1-8H3,(H,53,61)(H,55,59)(H,56,60)/t35-,39-,42+,46-,47-/m0/s1. The zero-order valence-electron chi connectivity index (χ0n) is 38.9. The molecule has 0 unspecified atom stereocenters. The second-order valence-electron chi connectivity index (χ2n) is 19.4. The van der Waals surface area contributed by atoms with Crippen LogP contribution >= 0.6 is 22.9 Å². The lowest BCUT2D eigenvalue weighted by molar-refractivity contribution is -0.164. The second-order valence-corrected chi connectivity index (χ2v) is 20.6. The first-order valence-corrected chi connectivity index (χ1v) is 23.5. The summed E-state index contributed by atoms with van der Waals surface area (Å²) in [5, 5.41) is 29.0. The number of hydrogen-bond donors (Lipinski definition) is 4. The monoisotopic (exact) mass is 940 g/mol. The average molecular weight is 942 g/mol. The van der Waals surface area contributed by atoms with Gasteiger partial charge in [0.15, 0.2) is 0 Å². The highest BCUT2D eigenvalue weighted by Gasteiger charge is 2.64. The van der Waals surface area contributed by atoms with Crippen molar-refractivity contribution in [2.45, 2.75) is 112 Å². The molecule has 0 radical (unpaired) electrons. The van der Waals surface area contributed by atoms with Crippen molar-refractivity contribution in [3.63, 3.8) is 0 Å². The van der Waals surface area contributed by atoms with Crippen LogP contribution in [0.3, 0.4) is 0 Å². The van der Waals surface area contributed by atoms with Gasteiger partial charge in [-0.3, -0.25) is 19.2 Å². The van der Waals surface area contributed by atoms with Crippen molar-refractivity contribution < 1.29 is 38.5 Å². The van der Waals surface area contributed by atoms with Gasteiger partial charge in [-0.25, -0.2) is 4.98 Å². The Hall–Kier alpha value is -5.53. The number of nitrogens with zero attached hydrogens (tertiary/aromatic N) is 3. The summed E-state index contributed by atoms with van der Waals surface area (Å²) in [6.07, 6.45) is 0.262. The van der Waals surface area contributed by atoms with Crippen LogP contribution in [0.5, 0.6) is 11.5 Å². The van der Waals surface area contributed by atoms with E-state index in [0.29, 0.717) is 53.7 Å². The van der Waals surface area contributed by atoms with E-state index in [1.807, 2.05) is 57.5 Å². The first-order valence-electron chi connectivity index (χ1n) is 22.2. The van der Waals surface area contributed by atoms with E-state index in [0.717, 1.165) is 21.7 Å². The van der Waals surface area contributed by atoms with Crippen molar-refractivity contribution >= 4 is 46.6 Å². The van der Waals surface area contributed by atoms with Crippen molar-refractivity contribution in [1.29, 1.82) is 5.26 Å². The minimum Gasteiger partial charge on any atom is -0.494 e. The summed E-state index contributed by atoms with van der Waals surface area (Å²) < 4.78 is 17.9. The number of benzene rings is 3. The predicted octanol–water partition coefficient (Wildman–Crippen LogP) is 7.24. The number of rotatable bonds is 18. The molecule has 4 amide bonds. The second kappa shape index (κ2) is 21.0. The molecule has 2 aliphatic rings. The van der Waals surface area contributed by atoms with Gasteiger partial charge in [-0.1, -0.05) is 84.3 Å². The van der Waals surface area contributed by atoms with Gasteiger partial charge in [0, 0.05) is 54.6 Å². The third-order valence-corrected chi connectivity index (χ3v) is 13.7. The van der Waals surface area contributed by atoms with E-state index in [4.69, 9.17) is 25.8 Å². The number of β-amino-alcohol motifs (C(OH)–C–C–N with tert-alkyl or cyclic N) is 1. The molecule has 2 fully saturated rings. The summed E-state index contributed by atoms with van der Waals surface area (Å²) >= 11 is 7.80. The van der Waals surface area contributed by atoms with Crippen molar-refractivity contribution in [2.24, 2.45) is 16.2 Å². The molecule has 6 rings (SSSR count). The Labute approximate surface area is 396 Å². The predicted molar refractivity (Wildman–Crippen MR) is 253 cm³/mol. The third-order valence-electron chi connectivity index (χ3n) is 12.4. The van der Waals surface area contributed by atoms with Crippen LogP contribution in [-0.2, 0) is 25.7 Å². The molecule has 1 saturated carbocycles. The lowest BCUT2D eigenvalue weighted by atomic mass is 9.49. The molecule has 1 saturated heterocycles. The normalized spacial score (nSPS) is 20.0. The Morgan fingerprint density at radius 2 is 1.65 bits per heavy atom. The van der Waals surface area contributed by atoms with Gasteiger partial charge >= 0.3 is 0 Å². The number of hydrogen-bond acceptors (Lipinski definition) is 11. The lowest BCUT2D eigenvalue weighted by Crippen LogP contribution is -2.74. The molecule has 1 aliphatic heterocycles. The van der Waals surface area contributed by atoms with Crippen LogP contribution in [0.15, 0.2) is 72.2 Å². The fraction of sp³-hybridized carbons (Fsp3) is 0.480. The van der Waals surface area contributed by atoms with E-state index in [1.165, 1.54) is 4.90 Å². The number of aryl methyl sites for hydroxylation is 1. The zero-order valence-corrected chi connectivity index (χ0v) is 40.5. The van der Waals surface area contributed by atoms with Crippen LogP contribution in [0.25, 0.3) is 10.4 Å². The summed E-state index contributed by atoms with van der Waals surface area (Å²) in [6, 6.07) is 19.8.